The van der Waals surface area contributed by atoms with Crippen molar-refractivity contribution in [3.8, 4) is 10.7 Å². The molecule has 2 N–H and O–H groups in total. The highest BCUT2D eigenvalue weighted by molar-refractivity contribution is 7.13. The third-order valence-corrected chi connectivity index (χ3v) is 5.21. The van der Waals surface area contributed by atoms with E-state index in [1.54, 1.807) is 11.3 Å². The standard InChI is InChI=1S/C15H22N4OS/c1-2-19(12-6-3-5-11(12)9-16)10-14-17-15(18-20-14)13-7-4-8-21-13/h4,7-8,11-12H,2-3,5-6,9-10,16H2,1H3. The molecule has 21 heavy (non-hydrogen) atoms. The van der Waals surface area contributed by atoms with Crippen molar-refractivity contribution >= 4 is 11.3 Å². The molecule has 1 aliphatic carbocycles. The number of aromatic nitrogens is 2. The minimum absolute atomic E-state index is 0.553. The van der Waals surface area contributed by atoms with Crippen LogP contribution in [0.15, 0.2) is 22.0 Å². The van der Waals surface area contributed by atoms with Crippen LogP contribution in [0.4, 0.5) is 0 Å². The fourth-order valence-electron chi connectivity index (χ4n) is 3.24. The maximum Gasteiger partial charge on any atom is 0.241 e. The molecule has 3 rings (SSSR count). The van der Waals surface area contributed by atoms with E-state index in [9.17, 15) is 0 Å². The molecule has 0 spiro atoms. The fraction of sp³-hybridized carbons (Fsp3) is 0.600. The Hall–Kier alpha value is -1.24. The van der Waals surface area contributed by atoms with Gasteiger partial charge >= 0.3 is 0 Å². The summed E-state index contributed by atoms with van der Waals surface area (Å²) in [6.45, 7) is 4.65. The largest absolute Gasteiger partial charge is 0.338 e. The minimum Gasteiger partial charge on any atom is -0.338 e. The predicted octanol–water partition coefficient (Wildman–Crippen LogP) is 2.75. The third kappa shape index (κ3) is 3.17. The Morgan fingerprint density at radius 1 is 1.48 bits per heavy atom. The van der Waals surface area contributed by atoms with Gasteiger partial charge in [-0.3, -0.25) is 4.90 Å². The molecule has 5 nitrogen and oxygen atoms in total. The second-order valence-electron chi connectivity index (χ2n) is 5.55. The van der Waals surface area contributed by atoms with E-state index in [1.807, 2.05) is 17.5 Å². The molecule has 1 saturated carbocycles. The molecule has 2 unspecified atom stereocenters. The molecule has 2 aromatic heterocycles. The molecular formula is C15H22N4OS. The summed E-state index contributed by atoms with van der Waals surface area (Å²) in [5.41, 5.74) is 5.90. The Morgan fingerprint density at radius 2 is 2.38 bits per heavy atom. The molecule has 0 radical (unpaired) electrons. The van der Waals surface area contributed by atoms with E-state index < -0.39 is 0 Å². The number of hydrogen-bond donors (Lipinski definition) is 1. The second kappa shape index (κ2) is 6.68. The average molecular weight is 306 g/mol. The summed E-state index contributed by atoms with van der Waals surface area (Å²) >= 11 is 1.63. The SMILES string of the molecule is CCN(Cc1nc(-c2cccs2)no1)C1CCCC1CN. The molecular weight excluding hydrogens is 284 g/mol. The first kappa shape index (κ1) is 14.7. The number of hydrogen-bond acceptors (Lipinski definition) is 6. The van der Waals surface area contributed by atoms with Gasteiger partial charge in [0.05, 0.1) is 11.4 Å². The summed E-state index contributed by atoms with van der Waals surface area (Å²) in [4.78, 5) is 8.00. The van der Waals surface area contributed by atoms with Crippen LogP contribution in [-0.4, -0.2) is 34.2 Å². The van der Waals surface area contributed by atoms with Gasteiger partial charge in [-0.25, -0.2) is 0 Å². The topological polar surface area (TPSA) is 68.2 Å². The van der Waals surface area contributed by atoms with Crippen molar-refractivity contribution in [1.29, 1.82) is 0 Å². The van der Waals surface area contributed by atoms with Crippen molar-refractivity contribution < 1.29 is 4.52 Å². The van der Waals surface area contributed by atoms with Gasteiger partial charge in [-0.15, -0.1) is 11.3 Å². The van der Waals surface area contributed by atoms with Gasteiger partial charge in [-0.2, -0.15) is 4.98 Å². The summed E-state index contributed by atoms with van der Waals surface area (Å²) < 4.78 is 5.42. The lowest BCUT2D eigenvalue weighted by Gasteiger charge is -2.30. The maximum atomic E-state index is 5.90. The molecule has 1 aliphatic rings. The van der Waals surface area contributed by atoms with E-state index in [0.717, 1.165) is 24.5 Å². The van der Waals surface area contributed by atoms with Crippen LogP contribution in [0.1, 0.15) is 32.1 Å². The Kier molecular flexibility index (Phi) is 4.67. The zero-order chi connectivity index (χ0) is 14.7. The molecule has 0 aromatic carbocycles. The van der Waals surface area contributed by atoms with Crippen molar-refractivity contribution in [3.63, 3.8) is 0 Å². The van der Waals surface area contributed by atoms with Crippen LogP contribution in [0, 0.1) is 5.92 Å². The van der Waals surface area contributed by atoms with Crippen LogP contribution in [0.5, 0.6) is 0 Å². The van der Waals surface area contributed by atoms with E-state index in [4.69, 9.17) is 10.3 Å². The molecule has 114 valence electrons. The zero-order valence-corrected chi connectivity index (χ0v) is 13.2. The van der Waals surface area contributed by atoms with Crippen molar-refractivity contribution in [1.82, 2.24) is 15.0 Å². The quantitative estimate of drug-likeness (QED) is 0.888. The Bertz CT molecular complexity index is 554. The lowest BCUT2D eigenvalue weighted by Crippen LogP contribution is -2.39. The van der Waals surface area contributed by atoms with Crippen LogP contribution < -0.4 is 5.73 Å². The zero-order valence-electron chi connectivity index (χ0n) is 12.4. The molecule has 0 bridgehead atoms. The highest BCUT2D eigenvalue weighted by atomic mass is 32.1. The van der Waals surface area contributed by atoms with Crippen LogP contribution in [0.2, 0.25) is 0 Å². The number of rotatable bonds is 6. The van der Waals surface area contributed by atoms with Gasteiger partial charge in [0.2, 0.25) is 11.7 Å². The van der Waals surface area contributed by atoms with Gasteiger partial charge in [-0.1, -0.05) is 24.6 Å². The molecule has 2 aromatic rings. The highest BCUT2D eigenvalue weighted by Gasteiger charge is 2.31. The third-order valence-electron chi connectivity index (χ3n) is 4.34. The monoisotopic (exact) mass is 306 g/mol. The summed E-state index contributed by atoms with van der Waals surface area (Å²) in [6, 6.07) is 4.56. The fourth-order valence-corrected chi connectivity index (χ4v) is 3.88. The first-order valence-electron chi connectivity index (χ1n) is 7.62. The van der Waals surface area contributed by atoms with Crippen LogP contribution in [-0.2, 0) is 6.54 Å². The number of nitrogens with two attached hydrogens (primary N) is 1. The average Bonchev–Trinajstić information content (AvgIpc) is 3.23. The van der Waals surface area contributed by atoms with Gasteiger partial charge in [0.25, 0.3) is 0 Å². The Morgan fingerprint density at radius 3 is 3.10 bits per heavy atom. The predicted molar refractivity (Wildman–Crippen MR) is 83.9 cm³/mol. The van der Waals surface area contributed by atoms with Gasteiger partial charge < -0.3 is 10.3 Å². The van der Waals surface area contributed by atoms with E-state index in [2.05, 4.69) is 22.0 Å². The molecule has 0 aliphatic heterocycles. The lowest BCUT2D eigenvalue weighted by atomic mass is 10.0. The van der Waals surface area contributed by atoms with E-state index in [1.165, 1.54) is 19.3 Å². The van der Waals surface area contributed by atoms with Gasteiger partial charge in [0.15, 0.2) is 0 Å². The van der Waals surface area contributed by atoms with Gasteiger partial charge in [-0.05, 0) is 43.3 Å². The van der Waals surface area contributed by atoms with E-state index in [0.29, 0.717) is 23.7 Å². The van der Waals surface area contributed by atoms with Gasteiger partial charge in [0, 0.05) is 6.04 Å². The van der Waals surface area contributed by atoms with Crippen molar-refractivity contribution in [3.05, 3.63) is 23.4 Å². The summed E-state index contributed by atoms with van der Waals surface area (Å²) in [6.07, 6.45) is 3.73. The summed E-state index contributed by atoms with van der Waals surface area (Å²) in [5, 5.41) is 6.11. The van der Waals surface area contributed by atoms with Gasteiger partial charge in [0.1, 0.15) is 0 Å². The Balaban J connectivity index is 1.69. The molecule has 2 heterocycles. The first-order valence-corrected chi connectivity index (χ1v) is 8.50. The smallest absolute Gasteiger partial charge is 0.241 e. The summed E-state index contributed by atoms with van der Waals surface area (Å²) in [5.74, 6) is 1.99. The van der Waals surface area contributed by atoms with E-state index >= 15 is 0 Å². The maximum absolute atomic E-state index is 5.90. The highest BCUT2D eigenvalue weighted by Crippen LogP contribution is 2.30. The molecule has 6 heteroatoms. The van der Waals surface area contributed by atoms with Crippen LogP contribution in [0.25, 0.3) is 10.7 Å². The van der Waals surface area contributed by atoms with Crippen molar-refractivity contribution in [2.45, 2.75) is 38.8 Å². The molecule has 0 saturated heterocycles. The lowest BCUT2D eigenvalue weighted by molar-refractivity contribution is 0.143. The van der Waals surface area contributed by atoms with Crippen LogP contribution in [0.3, 0.4) is 0 Å². The second-order valence-corrected chi connectivity index (χ2v) is 6.49. The number of thiophene rings is 1. The minimum atomic E-state index is 0.553. The molecule has 1 fully saturated rings. The normalized spacial score (nSPS) is 22.2. The van der Waals surface area contributed by atoms with Crippen LogP contribution >= 0.6 is 11.3 Å². The number of nitrogens with zero attached hydrogens (tertiary/aromatic N) is 3. The van der Waals surface area contributed by atoms with Crippen molar-refractivity contribution in [2.24, 2.45) is 11.7 Å². The first-order chi connectivity index (χ1) is 10.3. The van der Waals surface area contributed by atoms with E-state index in [-0.39, 0.29) is 0 Å². The molecule has 2 atom stereocenters. The Labute approximate surface area is 129 Å². The molecule has 0 amide bonds. The summed E-state index contributed by atoms with van der Waals surface area (Å²) in [7, 11) is 0. The van der Waals surface area contributed by atoms with Crippen molar-refractivity contribution in [2.75, 3.05) is 13.1 Å².